The van der Waals surface area contributed by atoms with E-state index >= 15 is 0 Å². The smallest absolute Gasteiger partial charge is 0.462 e. The molecule has 19 heteroatoms. The molecule has 0 radical (unpaired) electrons. The largest absolute Gasteiger partial charge is 0.472 e. The van der Waals surface area contributed by atoms with Crippen molar-refractivity contribution in [2.75, 3.05) is 39.6 Å². The highest BCUT2D eigenvalue weighted by Crippen LogP contribution is 2.45. The molecule has 0 fully saturated rings. The number of rotatable bonds is 68. The first-order chi connectivity index (χ1) is 42.0. The Balaban J connectivity index is 5.24. The zero-order valence-corrected chi connectivity index (χ0v) is 57.9. The SMILES string of the molecule is CCCCCCCCCCCCCCCC(=O)OC[C@H](COP(=O)(O)OC[C@@H](O)COP(=O)(O)OC[C@@H](COC(=O)CCCCCCCCC(C)C)OC(=O)CCCCCCCCCCCCCC)OC(=O)CCCCCCCCCCCCCCC. The highest BCUT2D eigenvalue weighted by molar-refractivity contribution is 7.47. The van der Waals surface area contributed by atoms with E-state index in [4.69, 9.17) is 37.0 Å². The van der Waals surface area contributed by atoms with Gasteiger partial charge in [-0.15, -0.1) is 0 Å². The molecule has 17 nitrogen and oxygen atoms in total. The van der Waals surface area contributed by atoms with Crippen molar-refractivity contribution >= 4 is 39.5 Å². The van der Waals surface area contributed by atoms with E-state index in [0.29, 0.717) is 31.6 Å². The molecule has 0 aliphatic carbocycles. The predicted octanol–water partition coefficient (Wildman–Crippen LogP) is 19.4. The molecule has 0 aromatic carbocycles. The number of esters is 4. The summed E-state index contributed by atoms with van der Waals surface area (Å²) in [6.45, 7) is 7.15. The van der Waals surface area contributed by atoms with Crippen LogP contribution in [0.1, 0.15) is 349 Å². The van der Waals surface area contributed by atoms with E-state index in [1.54, 1.807) is 0 Å². The number of hydrogen-bond donors (Lipinski definition) is 3. The van der Waals surface area contributed by atoms with Gasteiger partial charge in [-0.2, -0.15) is 0 Å². The van der Waals surface area contributed by atoms with Gasteiger partial charge in [0.1, 0.15) is 19.3 Å². The Bertz CT molecular complexity index is 1690. The fraction of sp³-hybridized carbons (Fsp3) is 0.941. The molecule has 0 aromatic heterocycles. The maximum atomic E-state index is 13.0. The van der Waals surface area contributed by atoms with E-state index in [9.17, 15) is 43.2 Å². The Morgan fingerprint density at radius 2 is 0.529 bits per heavy atom. The summed E-state index contributed by atoms with van der Waals surface area (Å²) in [5, 5.41) is 10.6. The van der Waals surface area contributed by atoms with Gasteiger partial charge < -0.3 is 33.8 Å². The van der Waals surface area contributed by atoms with E-state index in [-0.39, 0.29) is 25.7 Å². The second-order valence-electron chi connectivity index (χ2n) is 25.0. The standard InChI is InChI=1S/C68H132O17P2/c1-6-9-12-15-18-21-24-27-30-32-35-41-46-51-65(70)78-57-63(84-68(73)54-49-44-37-34-31-28-25-22-19-16-13-10-7-2)59-82-86(74,75)80-55-62(69)56-81-87(76,77)83-60-64(58-79-66(71)52-47-42-39-38-40-45-50-61(4)5)85-67(72)53-48-43-36-33-29-26-23-20-17-14-11-8-3/h61-64,69H,6-60H2,1-5H3,(H,74,75)(H,76,77)/t62-,63-,64-/m1/s1. The highest BCUT2D eigenvalue weighted by Gasteiger charge is 2.30. The lowest BCUT2D eigenvalue weighted by atomic mass is 10.0. The van der Waals surface area contributed by atoms with E-state index < -0.39 is 97.5 Å². The van der Waals surface area contributed by atoms with Gasteiger partial charge in [-0.3, -0.25) is 37.3 Å². The van der Waals surface area contributed by atoms with Gasteiger partial charge in [0.15, 0.2) is 12.2 Å². The number of unbranched alkanes of at least 4 members (excludes halogenated alkanes) is 40. The molecule has 2 unspecified atom stereocenters. The molecule has 87 heavy (non-hydrogen) atoms. The second kappa shape index (κ2) is 61.6. The molecule has 0 spiro atoms. The number of phosphoric ester groups is 2. The Morgan fingerprint density at radius 3 is 0.782 bits per heavy atom. The molecule has 0 aliphatic rings. The van der Waals surface area contributed by atoms with Crippen LogP contribution >= 0.6 is 15.6 Å². The number of phosphoric acid groups is 2. The van der Waals surface area contributed by atoms with Gasteiger partial charge >= 0.3 is 39.5 Å². The summed E-state index contributed by atoms with van der Waals surface area (Å²) in [4.78, 5) is 72.4. The molecule has 516 valence electrons. The lowest BCUT2D eigenvalue weighted by molar-refractivity contribution is -0.161. The van der Waals surface area contributed by atoms with Crippen LogP contribution in [0.3, 0.4) is 0 Å². The third-order valence-corrected chi connectivity index (χ3v) is 17.7. The van der Waals surface area contributed by atoms with Crippen LogP contribution in [0.4, 0.5) is 0 Å². The van der Waals surface area contributed by atoms with Crippen molar-refractivity contribution in [1.82, 2.24) is 0 Å². The monoisotopic (exact) mass is 1280 g/mol. The fourth-order valence-corrected chi connectivity index (χ4v) is 11.9. The molecule has 3 N–H and O–H groups in total. The van der Waals surface area contributed by atoms with Crippen LogP contribution < -0.4 is 0 Å². The van der Waals surface area contributed by atoms with Gasteiger partial charge in [0.05, 0.1) is 26.4 Å². The van der Waals surface area contributed by atoms with Crippen molar-refractivity contribution in [3.63, 3.8) is 0 Å². The molecule has 0 bridgehead atoms. The normalized spacial score (nSPS) is 14.1. The summed E-state index contributed by atoms with van der Waals surface area (Å²) in [5.74, 6) is -1.44. The summed E-state index contributed by atoms with van der Waals surface area (Å²) in [6.07, 6.45) is 47.1. The van der Waals surface area contributed by atoms with Crippen molar-refractivity contribution in [3.8, 4) is 0 Å². The minimum atomic E-state index is -4.95. The molecular weight excluding hydrogens is 1150 g/mol. The Morgan fingerprint density at radius 1 is 0.310 bits per heavy atom. The van der Waals surface area contributed by atoms with Crippen LogP contribution in [0.15, 0.2) is 0 Å². The Hall–Kier alpha value is -1.94. The van der Waals surface area contributed by atoms with Crippen LogP contribution in [0.25, 0.3) is 0 Å². The molecule has 5 atom stereocenters. The fourth-order valence-electron chi connectivity index (χ4n) is 10.3. The first-order valence-corrected chi connectivity index (χ1v) is 38.6. The van der Waals surface area contributed by atoms with Crippen molar-refractivity contribution in [3.05, 3.63) is 0 Å². The highest BCUT2D eigenvalue weighted by atomic mass is 31.2. The summed E-state index contributed by atoms with van der Waals surface area (Å²) in [5.41, 5.74) is 0. The molecule has 0 rings (SSSR count). The third kappa shape index (κ3) is 62.6. The maximum absolute atomic E-state index is 13.0. The van der Waals surface area contributed by atoms with Crippen LogP contribution in [-0.2, 0) is 65.4 Å². The molecule has 0 amide bonds. The Kier molecular flexibility index (Phi) is 60.2. The zero-order valence-electron chi connectivity index (χ0n) is 56.2. The summed E-state index contributed by atoms with van der Waals surface area (Å²) >= 11 is 0. The van der Waals surface area contributed by atoms with E-state index in [1.165, 1.54) is 167 Å². The predicted molar refractivity (Wildman–Crippen MR) is 349 cm³/mol. The summed E-state index contributed by atoms with van der Waals surface area (Å²) in [6, 6.07) is 0. The number of ether oxygens (including phenoxy) is 4. The lowest BCUT2D eigenvalue weighted by Gasteiger charge is -2.21. The van der Waals surface area contributed by atoms with E-state index in [0.717, 1.165) is 96.3 Å². The molecule has 0 saturated heterocycles. The number of hydrogen-bond acceptors (Lipinski definition) is 15. The quantitative estimate of drug-likeness (QED) is 0.0222. The van der Waals surface area contributed by atoms with Crippen molar-refractivity contribution < 1.29 is 80.2 Å². The van der Waals surface area contributed by atoms with E-state index in [1.807, 2.05) is 0 Å². The number of carbonyl (C=O) groups excluding carboxylic acids is 4. The summed E-state index contributed by atoms with van der Waals surface area (Å²) in [7, 11) is -9.89. The average Bonchev–Trinajstić information content (AvgIpc) is 3.69. The first-order valence-electron chi connectivity index (χ1n) is 35.6. The minimum absolute atomic E-state index is 0.106. The van der Waals surface area contributed by atoms with Crippen LogP contribution in [0, 0.1) is 5.92 Å². The molecule has 0 aromatic rings. The first kappa shape index (κ1) is 85.1. The van der Waals surface area contributed by atoms with Gasteiger partial charge in [-0.1, -0.05) is 298 Å². The second-order valence-corrected chi connectivity index (χ2v) is 27.9. The van der Waals surface area contributed by atoms with Crippen LogP contribution in [0.2, 0.25) is 0 Å². The Labute approximate surface area is 530 Å². The molecule has 0 aliphatic heterocycles. The average molecular weight is 1280 g/mol. The molecule has 0 saturated carbocycles. The van der Waals surface area contributed by atoms with Crippen molar-refractivity contribution in [2.45, 2.75) is 368 Å². The number of carbonyl (C=O) groups is 4. The molecular formula is C68H132O17P2. The minimum Gasteiger partial charge on any atom is -0.462 e. The third-order valence-electron chi connectivity index (χ3n) is 15.8. The van der Waals surface area contributed by atoms with Gasteiger partial charge in [-0.05, 0) is 31.6 Å². The van der Waals surface area contributed by atoms with E-state index in [2.05, 4.69) is 34.6 Å². The van der Waals surface area contributed by atoms with Crippen molar-refractivity contribution in [2.24, 2.45) is 5.92 Å². The maximum Gasteiger partial charge on any atom is 0.472 e. The number of aliphatic hydroxyl groups is 1. The number of aliphatic hydroxyl groups excluding tert-OH is 1. The zero-order chi connectivity index (χ0) is 64.2. The van der Waals surface area contributed by atoms with Crippen LogP contribution in [-0.4, -0.2) is 96.7 Å². The topological polar surface area (TPSA) is 237 Å². The summed E-state index contributed by atoms with van der Waals surface area (Å²) < 4.78 is 68.2. The van der Waals surface area contributed by atoms with Gasteiger partial charge in [-0.25, -0.2) is 9.13 Å². The van der Waals surface area contributed by atoms with Crippen LogP contribution in [0.5, 0.6) is 0 Å². The van der Waals surface area contributed by atoms with Gasteiger partial charge in [0, 0.05) is 25.7 Å². The van der Waals surface area contributed by atoms with Gasteiger partial charge in [0.25, 0.3) is 0 Å². The van der Waals surface area contributed by atoms with Gasteiger partial charge in [0.2, 0.25) is 0 Å². The lowest BCUT2D eigenvalue weighted by Crippen LogP contribution is -2.30. The molecule has 0 heterocycles. The van der Waals surface area contributed by atoms with Crippen molar-refractivity contribution in [1.29, 1.82) is 0 Å².